The maximum atomic E-state index is 9.98. The highest BCUT2D eigenvalue weighted by molar-refractivity contribution is 7.10. The van der Waals surface area contributed by atoms with E-state index in [2.05, 4.69) is 0 Å². The number of rotatable bonds is 1. The topological polar surface area (TPSA) is 20.2 Å². The number of aliphatic hydroxyl groups is 1. The molecule has 3 heteroatoms. The number of halogens is 1. The molecule has 74 valence electrons. The Morgan fingerprint density at radius 2 is 2.00 bits per heavy atom. The molecule has 1 heterocycles. The van der Waals surface area contributed by atoms with Gasteiger partial charge in [-0.05, 0) is 23.3 Å². The minimum atomic E-state index is -0.473. The van der Waals surface area contributed by atoms with Gasteiger partial charge in [-0.1, -0.05) is 32.4 Å². The molecule has 0 bridgehead atoms. The molecule has 0 saturated heterocycles. The molecule has 0 saturated carbocycles. The lowest BCUT2D eigenvalue weighted by atomic mass is 9.88. The van der Waals surface area contributed by atoms with Crippen LogP contribution in [0.25, 0.3) is 0 Å². The van der Waals surface area contributed by atoms with Gasteiger partial charge in [0, 0.05) is 0 Å². The number of thiophene rings is 1. The van der Waals surface area contributed by atoms with Crippen molar-refractivity contribution >= 4 is 22.9 Å². The molecule has 1 nitrogen and oxygen atoms in total. The first-order valence-corrected chi connectivity index (χ1v) is 5.51. The van der Waals surface area contributed by atoms with E-state index in [1.807, 2.05) is 33.1 Å². The van der Waals surface area contributed by atoms with E-state index in [9.17, 15) is 5.11 Å². The zero-order valence-electron chi connectivity index (χ0n) is 8.39. The standard InChI is InChI=1S/C10H15ClOS/c1-6-5-13-8(7(6)11)9(12)10(2,3)4/h5,9,12H,1-4H3. The van der Waals surface area contributed by atoms with Crippen LogP contribution in [0, 0.1) is 12.3 Å². The van der Waals surface area contributed by atoms with Crippen molar-refractivity contribution in [2.75, 3.05) is 0 Å². The first-order valence-electron chi connectivity index (χ1n) is 4.25. The van der Waals surface area contributed by atoms with Crippen LogP contribution in [0.4, 0.5) is 0 Å². The fourth-order valence-electron chi connectivity index (χ4n) is 1.03. The van der Waals surface area contributed by atoms with Crippen LogP contribution in [-0.2, 0) is 0 Å². The SMILES string of the molecule is Cc1csc(C(O)C(C)(C)C)c1Cl. The molecule has 1 unspecified atom stereocenters. The molecule has 0 aliphatic heterocycles. The third kappa shape index (κ3) is 2.25. The van der Waals surface area contributed by atoms with Crippen LogP contribution in [0.1, 0.15) is 37.3 Å². The van der Waals surface area contributed by atoms with Crippen molar-refractivity contribution in [1.82, 2.24) is 0 Å². The van der Waals surface area contributed by atoms with Gasteiger partial charge in [0.2, 0.25) is 0 Å². The zero-order valence-corrected chi connectivity index (χ0v) is 9.96. The van der Waals surface area contributed by atoms with Gasteiger partial charge in [0.15, 0.2) is 0 Å². The monoisotopic (exact) mass is 218 g/mol. The van der Waals surface area contributed by atoms with Crippen LogP contribution in [0.5, 0.6) is 0 Å². The van der Waals surface area contributed by atoms with E-state index >= 15 is 0 Å². The summed E-state index contributed by atoms with van der Waals surface area (Å²) in [4.78, 5) is 0.881. The average Bonchev–Trinajstić information content (AvgIpc) is 2.30. The summed E-state index contributed by atoms with van der Waals surface area (Å²) in [6.45, 7) is 7.97. The molecular formula is C10H15ClOS. The normalized spacial score (nSPS) is 14.6. The highest BCUT2D eigenvalue weighted by Crippen LogP contribution is 2.40. The molecule has 1 aromatic rings. The highest BCUT2D eigenvalue weighted by atomic mass is 35.5. The van der Waals surface area contributed by atoms with Crippen molar-refractivity contribution in [3.05, 3.63) is 20.8 Å². The Labute approximate surface area is 88.4 Å². The van der Waals surface area contributed by atoms with E-state index in [0.717, 1.165) is 10.4 Å². The lowest BCUT2D eigenvalue weighted by molar-refractivity contribution is 0.0659. The van der Waals surface area contributed by atoms with Gasteiger partial charge < -0.3 is 5.11 Å². The lowest BCUT2D eigenvalue weighted by Crippen LogP contribution is -2.16. The van der Waals surface area contributed by atoms with Gasteiger partial charge in [0.25, 0.3) is 0 Å². The van der Waals surface area contributed by atoms with E-state index in [1.54, 1.807) is 0 Å². The molecule has 0 spiro atoms. The summed E-state index contributed by atoms with van der Waals surface area (Å²) in [6, 6.07) is 0. The molecule has 0 aliphatic rings. The molecule has 0 radical (unpaired) electrons. The fraction of sp³-hybridized carbons (Fsp3) is 0.600. The molecule has 1 aromatic heterocycles. The molecule has 0 fully saturated rings. The molecule has 0 amide bonds. The van der Waals surface area contributed by atoms with E-state index < -0.39 is 6.10 Å². The summed E-state index contributed by atoms with van der Waals surface area (Å²) in [5.74, 6) is 0. The summed E-state index contributed by atoms with van der Waals surface area (Å²) in [7, 11) is 0. The summed E-state index contributed by atoms with van der Waals surface area (Å²) in [6.07, 6.45) is -0.473. The summed E-state index contributed by atoms with van der Waals surface area (Å²) in [5.41, 5.74) is 0.894. The van der Waals surface area contributed by atoms with Crippen molar-refractivity contribution in [2.45, 2.75) is 33.8 Å². The second-order valence-corrected chi connectivity index (χ2v) is 5.65. The highest BCUT2D eigenvalue weighted by Gasteiger charge is 2.27. The minimum Gasteiger partial charge on any atom is -0.387 e. The molecule has 1 rings (SSSR count). The molecular weight excluding hydrogens is 204 g/mol. The third-order valence-electron chi connectivity index (χ3n) is 1.99. The third-order valence-corrected chi connectivity index (χ3v) is 3.76. The van der Waals surface area contributed by atoms with E-state index in [0.29, 0.717) is 5.02 Å². The van der Waals surface area contributed by atoms with E-state index in [4.69, 9.17) is 11.6 Å². The summed E-state index contributed by atoms with van der Waals surface area (Å²) < 4.78 is 0. The molecule has 0 aromatic carbocycles. The molecule has 1 atom stereocenters. The van der Waals surface area contributed by atoms with Crippen LogP contribution in [0.15, 0.2) is 5.38 Å². The predicted octanol–water partition coefficient (Wildman–Crippen LogP) is 3.79. The van der Waals surface area contributed by atoms with Crippen LogP contribution in [-0.4, -0.2) is 5.11 Å². The van der Waals surface area contributed by atoms with Crippen molar-refractivity contribution in [3.8, 4) is 0 Å². The van der Waals surface area contributed by atoms with E-state index in [-0.39, 0.29) is 5.41 Å². The van der Waals surface area contributed by atoms with E-state index in [1.165, 1.54) is 11.3 Å². The largest absolute Gasteiger partial charge is 0.387 e. The zero-order chi connectivity index (χ0) is 10.2. The van der Waals surface area contributed by atoms with Crippen LogP contribution in [0.2, 0.25) is 5.02 Å². The van der Waals surface area contributed by atoms with Gasteiger partial charge in [-0.25, -0.2) is 0 Å². The quantitative estimate of drug-likeness (QED) is 0.761. The second-order valence-electron chi connectivity index (χ2n) is 4.37. The van der Waals surface area contributed by atoms with Crippen molar-refractivity contribution < 1.29 is 5.11 Å². The molecule has 0 aliphatic carbocycles. The maximum Gasteiger partial charge on any atom is 0.0945 e. The van der Waals surface area contributed by atoms with Crippen molar-refractivity contribution in [1.29, 1.82) is 0 Å². The van der Waals surface area contributed by atoms with Gasteiger partial charge >= 0.3 is 0 Å². The van der Waals surface area contributed by atoms with Gasteiger partial charge in [-0.3, -0.25) is 0 Å². The van der Waals surface area contributed by atoms with Gasteiger partial charge in [-0.15, -0.1) is 11.3 Å². The first-order chi connectivity index (χ1) is 5.84. The predicted molar refractivity (Wildman–Crippen MR) is 58.5 cm³/mol. The second kappa shape index (κ2) is 3.60. The van der Waals surface area contributed by atoms with Crippen LogP contribution >= 0.6 is 22.9 Å². The van der Waals surface area contributed by atoms with Gasteiger partial charge in [-0.2, -0.15) is 0 Å². The first kappa shape index (κ1) is 11.0. The Hall–Kier alpha value is -0.0500. The number of aryl methyl sites for hydroxylation is 1. The number of hydrogen-bond donors (Lipinski definition) is 1. The van der Waals surface area contributed by atoms with Crippen LogP contribution in [0.3, 0.4) is 0 Å². The fourth-order valence-corrected chi connectivity index (χ4v) is 2.55. The Kier molecular flexibility index (Phi) is 3.05. The van der Waals surface area contributed by atoms with Crippen LogP contribution < -0.4 is 0 Å². The molecule has 13 heavy (non-hydrogen) atoms. The number of hydrogen-bond acceptors (Lipinski definition) is 2. The average molecular weight is 219 g/mol. The Balaban J connectivity index is 3.02. The van der Waals surface area contributed by atoms with Crippen molar-refractivity contribution in [2.24, 2.45) is 5.41 Å². The Bertz CT molecular complexity index is 298. The Morgan fingerprint density at radius 1 is 1.46 bits per heavy atom. The summed E-state index contributed by atoms with van der Waals surface area (Å²) in [5, 5.41) is 12.7. The van der Waals surface area contributed by atoms with Crippen molar-refractivity contribution in [3.63, 3.8) is 0 Å². The van der Waals surface area contributed by atoms with Gasteiger partial charge in [0.05, 0.1) is 16.0 Å². The smallest absolute Gasteiger partial charge is 0.0945 e. The van der Waals surface area contributed by atoms with Gasteiger partial charge in [0.1, 0.15) is 0 Å². The summed E-state index contributed by atoms with van der Waals surface area (Å²) >= 11 is 7.59. The number of aliphatic hydroxyl groups excluding tert-OH is 1. The minimum absolute atomic E-state index is 0.152. The molecule has 1 N–H and O–H groups in total. The maximum absolute atomic E-state index is 9.98. The Morgan fingerprint density at radius 3 is 2.31 bits per heavy atom. The lowest BCUT2D eigenvalue weighted by Gasteiger charge is -2.25.